The quantitative estimate of drug-likeness (QED) is 0.586. The molecule has 1 aromatic carbocycles. The molecule has 3 rings (SSSR count). The van der Waals surface area contributed by atoms with E-state index in [2.05, 4.69) is 20.9 Å². The van der Waals surface area contributed by atoms with Gasteiger partial charge in [-0.3, -0.25) is 4.79 Å². The second-order valence-corrected chi connectivity index (χ2v) is 6.89. The maximum absolute atomic E-state index is 13.5. The molecule has 3 amide bonds. The van der Waals surface area contributed by atoms with Gasteiger partial charge in [0.05, 0.1) is 6.42 Å². The van der Waals surface area contributed by atoms with Gasteiger partial charge in [0, 0.05) is 36.9 Å². The number of amides is 3. The van der Waals surface area contributed by atoms with Gasteiger partial charge in [0.1, 0.15) is 0 Å². The number of carbonyl (C=O) groups excluding carboxylic acids is 2. The molecule has 1 atom stereocenters. The summed E-state index contributed by atoms with van der Waals surface area (Å²) in [6.07, 6.45) is -2.12. The maximum Gasteiger partial charge on any atom is 0.425 e. The van der Waals surface area contributed by atoms with E-state index in [-0.39, 0.29) is 17.8 Å². The van der Waals surface area contributed by atoms with Crippen LogP contribution in [0.1, 0.15) is 25.1 Å². The molecule has 8 nitrogen and oxygen atoms in total. The summed E-state index contributed by atoms with van der Waals surface area (Å²) in [5, 5.41) is 17.9. The average Bonchev–Trinajstić information content (AvgIpc) is 3.32. The number of urea groups is 1. The zero-order valence-electron chi connectivity index (χ0n) is 15.5. The van der Waals surface area contributed by atoms with Gasteiger partial charge >= 0.3 is 12.2 Å². The Hall–Kier alpha value is -3.08. The summed E-state index contributed by atoms with van der Waals surface area (Å²) < 4.78 is 41.5. The monoisotopic (exact) mass is 411 g/mol. The van der Waals surface area contributed by atoms with E-state index in [9.17, 15) is 27.9 Å². The molecule has 29 heavy (non-hydrogen) atoms. The first-order chi connectivity index (χ1) is 13.6. The molecule has 1 heterocycles. The number of imidazole rings is 1. The van der Waals surface area contributed by atoms with Crippen molar-refractivity contribution in [2.75, 3.05) is 10.6 Å². The number of aryl methyl sites for hydroxylation is 1. The third-order valence-electron chi connectivity index (χ3n) is 4.42. The molecule has 1 aliphatic rings. The standard InChI is InChI=1S/C18H20F3N5O3/c1-26-9-8-22-15(26)17(29,18(19,20)21)10-14(27)23-11-2-4-12(5-3-11)24-16(28)25-13-6-7-13/h2-5,8-9,13,29H,6-7,10H2,1H3,(H,23,27)(H2,24,25,28). The van der Waals surface area contributed by atoms with Crippen LogP contribution in [0.25, 0.3) is 0 Å². The largest absolute Gasteiger partial charge is 0.425 e. The minimum Gasteiger partial charge on any atom is -0.374 e. The van der Waals surface area contributed by atoms with E-state index in [0.717, 1.165) is 23.6 Å². The number of rotatable bonds is 6. The number of benzene rings is 1. The van der Waals surface area contributed by atoms with E-state index in [0.29, 0.717) is 5.69 Å². The van der Waals surface area contributed by atoms with E-state index < -0.39 is 29.9 Å². The number of nitrogens with zero attached hydrogens (tertiary/aromatic N) is 2. The molecule has 4 N–H and O–H groups in total. The topological polar surface area (TPSA) is 108 Å². The van der Waals surface area contributed by atoms with Crippen molar-refractivity contribution < 1.29 is 27.9 Å². The van der Waals surface area contributed by atoms with Gasteiger partial charge in [0.15, 0.2) is 5.82 Å². The number of nitrogens with one attached hydrogen (secondary N) is 3. The Morgan fingerprint density at radius 1 is 1.17 bits per heavy atom. The summed E-state index contributed by atoms with van der Waals surface area (Å²) in [4.78, 5) is 27.4. The molecule has 0 saturated heterocycles. The third kappa shape index (κ3) is 4.86. The first-order valence-electron chi connectivity index (χ1n) is 8.83. The van der Waals surface area contributed by atoms with Gasteiger partial charge in [-0.1, -0.05) is 0 Å². The summed E-state index contributed by atoms with van der Waals surface area (Å²) in [6, 6.07) is 5.69. The summed E-state index contributed by atoms with van der Waals surface area (Å²) in [5.41, 5.74) is -2.76. The second kappa shape index (κ2) is 7.74. The molecule has 2 aromatic rings. The summed E-state index contributed by atoms with van der Waals surface area (Å²) >= 11 is 0. The summed E-state index contributed by atoms with van der Waals surface area (Å²) in [7, 11) is 1.29. The SMILES string of the molecule is Cn1ccnc1C(O)(CC(=O)Nc1ccc(NC(=O)NC2CC2)cc1)C(F)(F)F. The minimum atomic E-state index is -5.11. The zero-order chi connectivity index (χ0) is 21.2. The average molecular weight is 411 g/mol. The van der Waals surface area contributed by atoms with Crippen molar-refractivity contribution in [2.45, 2.75) is 37.1 Å². The van der Waals surface area contributed by atoms with Gasteiger partial charge in [-0.05, 0) is 37.1 Å². The predicted molar refractivity (Wildman–Crippen MR) is 98.0 cm³/mol. The van der Waals surface area contributed by atoms with Gasteiger partial charge in [0.2, 0.25) is 11.5 Å². The first kappa shape index (κ1) is 20.6. The lowest BCUT2D eigenvalue weighted by atomic mass is 9.97. The molecule has 1 saturated carbocycles. The smallest absolute Gasteiger partial charge is 0.374 e. The van der Waals surface area contributed by atoms with Crippen LogP contribution in [0.15, 0.2) is 36.7 Å². The van der Waals surface area contributed by atoms with Crippen LogP contribution in [0.3, 0.4) is 0 Å². The van der Waals surface area contributed by atoms with E-state index in [1.165, 1.54) is 37.5 Å². The number of hydrogen-bond donors (Lipinski definition) is 4. The fraction of sp³-hybridized carbons (Fsp3) is 0.389. The highest BCUT2D eigenvalue weighted by Crippen LogP contribution is 2.40. The fourth-order valence-electron chi connectivity index (χ4n) is 2.72. The van der Waals surface area contributed by atoms with Crippen LogP contribution in [0, 0.1) is 0 Å². The molecule has 1 aromatic heterocycles. The molecule has 1 unspecified atom stereocenters. The molecular formula is C18H20F3N5O3. The first-order valence-corrected chi connectivity index (χ1v) is 8.83. The normalized spacial score (nSPS) is 16.0. The number of carbonyl (C=O) groups is 2. The van der Waals surface area contributed by atoms with Gasteiger partial charge in [-0.25, -0.2) is 9.78 Å². The number of aliphatic hydroxyl groups is 1. The van der Waals surface area contributed by atoms with Crippen molar-refractivity contribution in [1.29, 1.82) is 0 Å². The fourth-order valence-corrected chi connectivity index (χ4v) is 2.72. The molecule has 1 fully saturated rings. The van der Waals surface area contributed by atoms with Gasteiger partial charge in [-0.15, -0.1) is 0 Å². The Kier molecular flexibility index (Phi) is 5.51. The van der Waals surface area contributed by atoms with Crippen LogP contribution >= 0.6 is 0 Å². The van der Waals surface area contributed by atoms with Crippen molar-refractivity contribution in [3.63, 3.8) is 0 Å². The molecule has 0 spiro atoms. The van der Waals surface area contributed by atoms with Crippen molar-refractivity contribution in [1.82, 2.24) is 14.9 Å². The van der Waals surface area contributed by atoms with E-state index in [1.807, 2.05) is 0 Å². The van der Waals surface area contributed by atoms with Crippen molar-refractivity contribution in [3.05, 3.63) is 42.5 Å². The van der Waals surface area contributed by atoms with E-state index >= 15 is 0 Å². The highest BCUT2D eigenvalue weighted by Gasteiger charge is 2.58. The van der Waals surface area contributed by atoms with E-state index in [1.54, 1.807) is 0 Å². The van der Waals surface area contributed by atoms with Crippen LogP contribution in [0.4, 0.5) is 29.3 Å². The Morgan fingerprint density at radius 2 is 1.76 bits per heavy atom. The Morgan fingerprint density at radius 3 is 2.24 bits per heavy atom. The van der Waals surface area contributed by atoms with Gasteiger partial charge in [0.25, 0.3) is 0 Å². The molecule has 0 bridgehead atoms. The Bertz CT molecular complexity index is 893. The summed E-state index contributed by atoms with van der Waals surface area (Å²) in [5.74, 6) is -1.72. The van der Waals surface area contributed by atoms with Crippen molar-refractivity contribution in [2.24, 2.45) is 7.05 Å². The van der Waals surface area contributed by atoms with Gasteiger partial charge < -0.3 is 25.6 Å². The van der Waals surface area contributed by atoms with Crippen LogP contribution in [0.5, 0.6) is 0 Å². The molecule has 156 valence electrons. The highest BCUT2D eigenvalue weighted by molar-refractivity contribution is 5.93. The van der Waals surface area contributed by atoms with Crippen molar-refractivity contribution in [3.8, 4) is 0 Å². The van der Waals surface area contributed by atoms with Crippen molar-refractivity contribution >= 4 is 23.3 Å². The van der Waals surface area contributed by atoms with Crippen LogP contribution in [-0.4, -0.2) is 38.8 Å². The van der Waals surface area contributed by atoms with Gasteiger partial charge in [-0.2, -0.15) is 13.2 Å². The maximum atomic E-state index is 13.5. The highest BCUT2D eigenvalue weighted by atomic mass is 19.4. The van der Waals surface area contributed by atoms with Crippen LogP contribution in [-0.2, 0) is 17.4 Å². The lowest BCUT2D eigenvalue weighted by Crippen LogP contribution is -2.46. The third-order valence-corrected chi connectivity index (χ3v) is 4.42. The molecule has 0 aliphatic heterocycles. The number of halogens is 3. The molecular weight excluding hydrogens is 391 g/mol. The minimum absolute atomic E-state index is 0.194. The van der Waals surface area contributed by atoms with Crippen LogP contribution in [0.2, 0.25) is 0 Å². The lowest BCUT2D eigenvalue weighted by molar-refractivity contribution is -0.270. The number of alkyl halides is 3. The summed E-state index contributed by atoms with van der Waals surface area (Å²) in [6.45, 7) is 0. The Labute approximate surface area is 164 Å². The Balaban J connectivity index is 1.64. The van der Waals surface area contributed by atoms with E-state index in [4.69, 9.17) is 0 Å². The predicted octanol–water partition coefficient (Wildman–Crippen LogP) is 2.48. The number of aromatic nitrogens is 2. The number of hydrogen-bond acceptors (Lipinski definition) is 4. The van der Waals surface area contributed by atoms with Crippen LogP contribution < -0.4 is 16.0 Å². The molecule has 0 radical (unpaired) electrons. The molecule has 11 heteroatoms. The zero-order valence-corrected chi connectivity index (χ0v) is 15.5. The second-order valence-electron chi connectivity index (χ2n) is 6.89. The number of anilines is 2. The molecule has 1 aliphatic carbocycles. The lowest BCUT2D eigenvalue weighted by Gasteiger charge is -2.29.